The highest BCUT2D eigenvalue weighted by Crippen LogP contribution is 2.11. The molecule has 0 aliphatic heterocycles. The molecule has 0 saturated heterocycles. The third-order valence-corrected chi connectivity index (χ3v) is 3.71. The fourth-order valence-electron chi connectivity index (χ4n) is 1.91. The minimum Gasteiger partial charge on any atom is -0.346 e. The zero-order chi connectivity index (χ0) is 13.9. The summed E-state index contributed by atoms with van der Waals surface area (Å²) < 4.78 is 3.59. The second-order valence-electron chi connectivity index (χ2n) is 5.86. The van der Waals surface area contributed by atoms with Crippen LogP contribution in [0.2, 0.25) is 0 Å². The predicted molar refractivity (Wildman–Crippen MR) is 89.3 cm³/mol. The Morgan fingerprint density at radius 1 is 1.11 bits per heavy atom. The van der Waals surface area contributed by atoms with Gasteiger partial charge in [0, 0.05) is 34.1 Å². The summed E-state index contributed by atoms with van der Waals surface area (Å²) in [5.41, 5.74) is 2.82. The van der Waals surface area contributed by atoms with Crippen LogP contribution in [0.4, 0.5) is 0 Å². The van der Waals surface area contributed by atoms with Crippen LogP contribution < -0.4 is 5.32 Å². The van der Waals surface area contributed by atoms with Crippen LogP contribution >= 0.6 is 22.6 Å². The molecule has 1 aromatic carbocycles. The third kappa shape index (κ3) is 4.66. The minimum atomic E-state index is 0.151. The van der Waals surface area contributed by atoms with Crippen molar-refractivity contribution in [2.75, 3.05) is 0 Å². The fourth-order valence-corrected chi connectivity index (χ4v) is 2.27. The summed E-state index contributed by atoms with van der Waals surface area (Å²) in [7, 11) is 0. The maximum atomic E-state index is 3.54. The molecule has 0 fully saturated rings. The van der Waals surface area contributed by atoms with Gasteiger partial charge in [-0.3, -0.25) is 0 Å². The standard InChI is InChI=1S/C16H21IN2/c1-16(2,3)18-11-15-5-4-10-19(15)12-13-6-8-14(17)9-7-13/h4-10,18H,11-12H2,1-3H3. The van der Waals surface area contributed by atoms with Crippen molar-refractivity contribution in [3.63, 3.8) is 0 Å². The predicted octanol–water partition coefficient (Wildman–Crippen LogP) is 4.03. The first kappa shape index (κ1) is 14.6. The summed E-state index contributed by atoms with van der Waals surface area (Å²) in [6.45, 7) is 8.42. The lowest BCUT2D eigenvalue weighted by molar-refractivity contribution is 0.417. The van der Waals surface area contributed by atoms with Gasteiger partial charge in [0.05, 0.1) is 0 Å². The molecule has 19 heavy (non-hydrogen) atoms. The van der Waals surface area contributed by atoms with Gasteiger partial charge in [-0.05, 0) is 73.2 Å². The molecule has 102 valence electrons. The molecule has 0 aliphatic carbocycles. The van der Waals surface area contributed by atoms with Crippen molar-refractivity contribution in [1.82, 2.24) is 9.88 Å². The zero-order valence-electron chi connectivity index (χ0n) is 11.8. The Hall–Kier alpha value is -0.810. The number of aromatic nitrogens is 1. The molecule has 1 aromatic heterocycles. The number of nitrogens with zero attached hydrogens (tertiary/aromatic N) is 1. The Bertz CT molecular complexity index is 520. The van der Waals surface area contributed by atoms with Crippen molar-refractivity contribution in [1.29, 1.82) is 0 Å². The van der Waals surface area contributed by atoms with Crippen molar-refractivity contribution >= 4 is 22.6 Å². The van der Waals surface area contributed by atoms with E-state index in [1.165, 1.54) is 14.8 Å². The Kier molecular flexibility index (Phi) is 4.68. The van der Waals surface area contributed by atoms with E-state index in [0.717, 1.165) is 13.1 Å². The van der Waals surface area contributed by atoms with Crippen LogP contribution in [0.3, 0.4) is 0 Å². The van der Waals surface area contributed by atoms with Crippen LogP contribution in [0.5, 0.6) is 0 Å². The van der Waals surface area contributed by atoms with Crippen LogP contribution in [0.15, 0.2) is 42.6 Å². The second-order valence-corrected chi connectivity index (χ2v) is 7.10. The van der Waals surface area contributed by atoms with E-state index >= 15 is 0 Å². The Morgan fingerprint density at radius 3 is 2.42 bits per heavy atom. The summed E-state index contributed by atoms with van der Waals surface area (Å²) in [5.74, 6) is 0. The second kappa shape index (κ2) is 6.09. The van der Waals surface area contributed by atoms with E-state index in [2.05, 4.69) is 95.8 Å². The fraction of sp³-hybridized carbons (Fsp3) is 0.375. The lowest BCUT2D eigenvalue weighted by Crippen LogP contribution is -2.35. The number of nitrogens with one attached hydrogen (secondary N) is 1. The lowest BCUT2D eigenvalue weighted by atomic mass is 10.1. The number of hydrogen-bond donors (Lipinski definition) is 1. The van der Waals surface area contributed by atoms with Crippen LogP contribution in [-0.2, 0) is 13.1 Å². The van der Waals surface area contributed by atoms with Crippen LogP contribution in [0.25, 0.3) is 0 Å². The van der Waals surface area contributed by atoms with Crippen molar-refractivity contribution in [3.8, 4) is 0 Å². The maximum absolute atomic E-state index is 3.54. The highest BCUT2D eigenvalue weighted by molar-refractivity contribution is 14.1. The van der Waals surface area contributed by atoms with E-state index in [0.29, 0.717) is 0 Å². The first-order valence-electron chi connectivity index (χ1n) is 6.57. The molecule has 0 radical (unpaired) electrons. The average Bonchev–Trinajstić information content (AvgIpc) is 2.76. The number of halogens is 1. The Morgan fingerprint density at radius 2 is 1.79 bits per heavy atom. The van der Waals surface area contributed by atoms with Crippen molar-refractivity contribution in [2.45, 2.75) is 39.4 Å². The summed E-state index contributed by atoms with van der Waals surface area (Å²) in [5, 5.41) is 3.54. The SMILES string of the molecule is CC(C)(C)NCc1cccn1Cc1ccc(I)cc1. The molecular weight excluding hydrogens is 347 g/mol. The van der Waals surface area contributed by atoms with Gasteiger partial charge in [-0.15, -0.1) is 0 Å². The number of benzene rings is 1. The van der Waals surface area contributed by atoms with Crippen molar-refractivity contribution < 1.29 is 0 Å². The van der Waals surface area contributed by atoms with Gasteiger partial charge < -0.3 is 9.88 Å². The molecule has 0 aliphatic rings. The molecule has 1 heterocycles. The Balaban J connectivity index is 2.05. The monoisotopic (exact) mass is 368 g/mol. The molecule has 0 saturated carbocycles. The van der Waals surface area contributed by atoms with E-state index in [1.54, 1.807) is 0 Å². The molecular formula is C16H21IN2. The van der Waals surface area contributed by atoms with Gasteiger partial charge in [0.1, 0.15) is 0 Å². The van der Waals surface area contributed by atoms with E-state index in [-0.39, 0.29) is 5.54 Å². The average molecular weight is 368 g/mol. The van der Waals surface area contributed by atoms with E-state index in [1.807, 2.05) is 0 Å². The van der Waals surface area contributed by atoms with Crippen LogP contribution in [0, 0.1) is 3.57 Å². The van der Waals surface area contributed by atoms with Gasteiger partial charge in [-0.25, -0.2) is 0 Å². The van der Waals surface area contributed by atoms with Gasteiger partial charge in [-0.2, -0.15) is 0 Å². The highest BCUT2D eigenvalue weighted by Gasteiger charge is 2.10. The summed E-state index contributed by atoms with van der Waals surface area (Å²) >= 11 is 2.34. The summed E-state index contributed by atoms with van der Waals surface area (Å²) in [6, 6.07) is 13.0. The molecule has 0 unspecified atom stereocenters. The summed E-state index contributed by atoms with van der Waals surface area (Å²) in [6.07, 6.45) is 2.15. The largest absolute Gasteiger partial charge is 0.346 e. The molecule has 2 nitrogen and oxygen atoms in total. The molecule has 2 aromatic rings. The first-order chi connectivity index (χ1) is 8.94. The van der Waals surface area contributed by atoms with Crippen molar-refractivity contribution in [3.05, 3.63) is 57.4 Å². The molecule has 0 atom stereocenters. The zero-order valence-corrected chi connectivity index (χ0v) is 13.9. The lowest BCUT2D eigenvalue weighted by Gasteiger charge is -2.21. The summed E-state index contributed by atoms with van der Waals surface area (Å²) in [4.78, 5) is 0. The van der Waals surface area contributed by atoms with Gasteiger partial charge in [0.25, 0.3) is 0 Å². The number of rotatable bonds is 4. The van der Waals surface area contributed by atoms with E-state index in [4.69, 9.17) is 0 Å². The molecule has 1 N–H and O–H groups in total. The van der Waals surface area contributed by atoms with Gasteiger partial charge >= 0.3 is 0 Å². The van der Waals surface area contributed by atoms with Crippen molar-refractivity contribution in [2.24, 2.45) is 0 Å². The highest BCUT2D eigenvalue weighted by atomic mass is 127. The van der Waals surface area contributed by atoms with Gasteiger partial charge in [-0.1, -0.05) is 12.1 Å². The number of hydrogen-bond acceptors (Lipinski definition) is 1. The first-order valence-corrected chi connectivity index (χ1v) is 7.65. The quantitative estimate of drug-likeness (QED) is 0.807. The van der Waals surface area contributed by atoms with Gasteiger partial charge in [0.15, 0.2) is 0 Å². The van der Waals surface area contributed by atoms with E-state index < -0.39 is 0 Å². The van der Waals surface area contributed by atoms with E-state index in [9.17, 15) is 0 Å². The maximum Gasteiger partial charge on any atom is 0.0473 e. The van der Waals surface area contributed by atoms with Gasteiger partial charge in [0.2, 0.25) is 0 Å². The van der Waals surface area contributed by atoms with Crippen LogP contribution in [-0.4, -0.2) is 10.1 Å². The molecule has 0 amide bonds. The third-order valence-electron chi connectivity index (χ3n) is 2.99. The molecule has 2 rings (SSSR count). The molecule has 3 heteroatoms. The smallest absolute Gasteiger partial charge is 0.0473 e. The molecule has 0 spiro atoms. The minimum absolute atomic E-state index is 0.151. The normalized spacial score (nSPS) is 11.8. The molecule has 0 bridgehead atoms. The Labute approximate surface area is 129 Å². The topological polar surface area (TPSA) is 17.0 Å². The van der Waals surface area contributed by atoms with Crippen LogP contribution in [0.1, 0.15) is 32.0 Å².